The lowest BCUT2D eigenvalue weighted by Gasteiger charge is -2.29. The third-order valence-corrected chi connectivity index (χ3v) is 10.2. The number of hydrogen-bond acceptors (Lipinski definition) is 2. The van der Waals surface area contributed by atoms with Gasteiger partial charge in [0.1, 0.15) is 11.2 Å². The minimum Gasteiger partial charge on any atom is -0.455 e. The highest BCUT2D eigenvalue weighted by Crippen LogP contribution is 2.47. The molecule has 2 heteroatoms. The molecule has 54 heavy (non-hydrogen) atoms. The summed E-state index contributed by atoms with van der Waals surface area (Å²) in [5.41, 5.74) is 2.49. The molecule has 11 aromatic rings. The smallest absolute Gasteiger partial charge is 0.143 e. The van der Waals surface area contributed by atoms with E-state index < -0.39 is 54.4 Å². The van der Waals surface area contributed by atoms with Crippen molar-refractivity contribution in [2.75, 3.05) is 4.90 Å². The zero-order valence-electron chi connectivity index (χ0n) is 39.6. The number of para-hydroxylation sites is 1. The van der Waals surface area contributed by atoms with Crippen LogP contribution in [0, 0.1) is 0 Å². The van der Waals surface area contributed by atoms with Crippen molar-refractivity contribution in [2.24, 2.45) is 0 Å². The van der Waals surface area contributed by atoms with Crippen molar-refractivity contribution in [1.29, 1.82) is 0 Å². The van der Waals surface area contributed by atoms with Gasteiger partial charge in [0.15, 0.2) is 0 Å². The molecular weight excluding hydrogens is 655 g/mol. The van der Waals surface area contributed by atoms with Gasteiger partial charge in [-0.3, -0.25) is 0 Å². The van der Waals surface area contributed by atoms with Crippen molar-refractivity contribution < 1.29 is 19.5 Å². The van der Waals surface area contributed by atoms with E-state index in [1.807, 2.05) is 115 Å². The van der Waals surface area contributed by atoms with E-state index in [1.165, 1.54) is 4.90 Å². The molecule has 0 aliphatic heterocycles. The lowest BCUT2D eigenvalue weighted by Crippen LogP contribution is -2.11. The Morgan fingerprint density at radius 3 is 2.00 bits per heavy atom. The lowest BCUT2D eigenvalue weighted by molar-refractivity contribution is 0.673. The van der Waals surface area contributed by atoms with Crippen LogP contribution >= 0.6 is 0 Å². The van der Waals surface area contributed by atoms with Crippen LogP contribution in [-0.4, -0.2) is 0 Å². The van der Waals surface area contributed by atoms with E-state index in [0.29, 0.717) is 27.9 Å². The van der Waals surface area contributed by atoms with E-state index in [9.17, 15) is 8.22 Å². The van der Waals surface area contributed by atoms with E-state index in [1.54, 1.807) is 18.2 Å². The SMILES string of the molecule is [2H]c1c([2H])c(N(c2ccccc2-c2cccc3oc4c5ccccc5ccc4c23)c2c([2H])c([2H])c([2H])c3c([2H])c([2H])c([2H])c([2H])c23)c([2H])c([2H])c1-c1cc2ccccc2c2ccccc12. The van der Waals surface area contributed by atoms with Gasteiger partial charge in [-0.1, -0.05) is 158 Å². The van der Waals surface area contributed by atoms with Gasteiger partial charge < -0.3 is 9.32 Å². The fourth-order valence-corrected chi connectivity index (χ4v) is 7.81. The highest BCUT2D eigenvalue weighted by molar-refractivity contribution is 6.20. The third kappa shape index (κ3) is 4.74. The van der Waals surface area contributed by atoms with Crippen LogP contribution in [0.15, 0.2) is 204 Å². The van der Waals surface area contributed by atoms with Crippen LogP contribution in [0.3, 0.4) is 0 Å². The average molecular weight is 699 g/mol. The number of anilines is 3. The molecule has 0 amide bonds. The number of furan rings is 1. The van der Waals surface area contributed by atoms with Gasteiger partial charge in [0, 0.05) is 32.8 Å². The monoisotopic (exact) mass is 698 g/mol. The number of rotatable bonds is 5. The van der Waals surface area contributed by atoms with E-state index in [-0.39, 0.29) is 45.5 Å². The molecule has 0 spiro atoms. The topological polar surface area (TPSA) is 16.4 Å². The lowest BCUT2D eigenvalue weighted by atomic mass is 9.93. The summed E-state index contributed by atoms with van der Waals surface area (Å²) in [5.74, 6) is 0. The molecule has 0 fully saturated rings. The maximum absolute atomic E-state index is 9.89. The molecule has 10 aromatic carbocycles. The summed E-state index contributed by atoms with van der Waals surface area (Å²) >= 11 is 0. The molecule has 0 aliphatic rings. The summed E-state index contributed by atoms with van der Waals surface area (Å²) in [7, 11) is 0. The normalized spacial score (nSPS) is 14.6. The maximum atomic E-state index is 9.89. The molecular formula is C52H33NO. The van der Waals surface area contributed by atoms with Crippen molar-refractivity contribution in [1.82, 2.24) is 0 Å². The Labute approximate surface area is 328 Å². The first kappa shape index (κ1) is 21.4. The molecule has 0 unspecified atom stereocenters. The first-order valence-corrected chi connectivity index (χ1v) is 17.6. The summed E-state index contributed by atoms with van der Waals surface area (Å²) in [4.78, 5) is 1.32. The predicted molar refractivity (Wildman–Crippen MR) is 229 cm³/mol. The fraction of sp³-hybridized carbons (Fsp3) is 0. The Morgan fingerprint density at radius 1 is 0.407 bits per heavy atom. The second-order valence-electron chi connectivity index (χ2n) is 13.2. The average Bonchev–Trinajstić information content (AvgIpc) is 3.73. The first-order valence-electron chi connectivity index (χ1n) is 23.1. The van der Waals surface area contributed by atoms with Gasteiger partial charge in [0.05, 0.1) is 26.5 Å². The number of fused-ring (bicyclic) bond motifs is 9. The van der Waals surface area contributed by atoms with Gasteiger partial charge in [-0.05, 0) is 91.4 Å². The second kappa shape index (κ2) is 12.2. The molecule has 0 N–H and O–H groups in total. The summed E-state index contributed by atoms with van der Waals surface area (Å²) in [6.07, 6.45) is 0. The van der Waals surface area contributed by atoms with Crippen LogP contribution in [0.25, 0.3) is 87.3 Å². The maximum Gasteiger partial charge on any atom is 0.143 e. The first-order chi connectivity index (χ1) is 31.4. The second-order valence-corrected chi connectivity index (χ2v) is 13.2. The molecule has 0 aliphatic carbocycles. The molecule has 252 valence electrons. The van der Waals surface area contributed by atoms with E-state index in [4.69, 9.17) is 11.3 Å². The Hall–Kier alpha value is -7.16. The highest BCUT2D eigenvalue weighted by Gasteiger charge is 2.22. The van der Waals surface area contributed by atoms with Crippen molar-refractivity contribution in [3.05, 3.63) is 200 Å². The Bertz CT molecular complexity index is 3840. The predicted octanol–water partition coefficient (Wildman–Crippen LogP) is 15.0. The van der Waals surface area contributed by atoms with Crippen molar-refractivity contribution >= 4 is 82.1 Å². The summed E-state index contributed by atoms with van der Waals surface area (Å²) < 4.78 is 109. The minimum absolute atomic E-state index is 0.0429. The summed E-state index contributed by atoms with van der Waals surface area (Å²) in [6, 6.07) is 35.6. The summed E-state index contributed by atoms with van der Waals surface area (Å²) in [6.45, 7) is 0. The van der Waals surface area contributed by atoms with Crippen molar-refractivity contribution in [3.63, 3.8) is 0 Å². The van der Waals surface area contributed by atoms with Crippen molar-refractivity contribution in [2.45, 2.75) is 0 Å². The van der Waals surface area contributed by atoms with Crippen LogP contribution in [0.5, 0.6) is 0 Å². The van der Waals surface area contributed by atoms with E-state index in [2.05, 4.69) is 0 Å². The third-order valence-electron chi connectivity index (χ3n) is 10.2. The molecule has 0 saturated heterocycles. The van der Waals surface area contributed by atoms with Gasteiger partial charge in [0.25, 0.3) is 0 Å². The van der Waals surface area contributed by atoms with Gasteiger partial charge in [-0.25, -0.2) is 0 Å². The van der Waals surface area contributed by atoms with Crippen LogP contribution in [0.4, 0.5) is 17.1 Å². The minimum atomic E-state index is -0.649. The molecule has 0 radical (unpaired) electrons. The molecule has 1 aromatic heterocycles. The van der Waals surface area contributed by atoms with E-state index >= 15 is 0 Å². The molecule has 0 bridgehead atoms. The number of nitrogens with zero attached hydrogens (tertiary/aromatic N) is 1. The zero-order chi connectivity index (χ0) is 45.2. The largest absolute Gasteiger partial charge is 0.455 e. The molecule has 1 heterocycles. The van der Waals surface area contributed by atoms with E-state index in [0.717, 1.165) is 43.1 Å². The molecule has 11 rings (SSSR count). The highest BCUT2D eigenvalue weighted by atomic mass is 16.3. The van der Waals surface area contributed by atoms with Crippen molar-refractivity contribution in [3.8, 4) is 22.3 Å². The quantitative estimate of drug-likeness (QED) is 0.166. The summed E-state index contributed by atoms with van der Waals surface area (Å²) in [5, 5.41) is 6.21. The Balaban J connectivity index is 1.28. The standard InChI is InChI=1S/C52H33NO/c1-5-18-40-34(13-1)16-11-25-48(40)53(38-30-27-36(28-31-38)47-33-37-15-3-4-17-39(37)42-20-7-8-21-43(42)47)49-24-10-9-22-44(49)45-23-12-26-50-51(45)46-32-29-35-14-2-6-19-41(35)52(46)54-50/h1-33H/i1D,5D,11D,13D,16D,18D,25D,27D,28D,30D,31D. The fourth-order valence-electron chi connectivity index (χ4n) is 7.81. The Kier molecular flexibility index (Phi) is 4.84. The van der Waals surface area contributed by atoms with Crippen LogP contribution < -0.4 is 4.90 Å². The van der Waals surface area contributed by atoms with Crippen LogP contribution in [0.1, 0.15) is 15.1 Å². The zero-order valence-corrected chi connectivity index (χ0v) is 28.6. The van der Waals surface area contributed by atoms with Gasteiger partial charge >= 0.3 is 0 Å². The van der Waals surface area contributed by atoms with Gasteiger partial charge in [-0.2, -0.15) is 0 Å². The molecule has 2 nitrogen and oxygen atoms in total. The molecule has 0 saturated carbocycles. The number of hydrogen-bond donors (Lipinski definition) is 0. The van der Waals surface area contributed by atoms with Gasteiger partial charge in [-0.15, -0.1) is 0 Å². The molecule has 0 atom stereocenters. The Morgan fingerprint density at radius 2 is 1.11 bits per heavy atom. The van der Waals surface area contributed by atoms with Crippen LogP contribution in [0.2, 0.25) is 0 Å². The number of benzene rings is 10. The van der Waals surface area contributed by atoms with Gasteiger partial charge in [0.2, 0.25) is 0 Å². The van der Waals surface area contributed by atoms with Crippen LogP contribution in [-0.2, 0) is 0 Å².